The standard InChI is InChI=1S/C36H25F2N5O4S2/c37-31-12-10-23(16-32(31)38)21-42-15-5-9-28(36(42)45)35(44)41-20-26-11-13-33(48-26)30-22-43(49(46,47)27-7-2-1-3-8-27)34-29(30)17-25(19-40-34)24-6-4-14-39-18-24/h1-19,22H,20-21H2,(H,41,44). The van der Waals surface area contributed by atoms with Crippen LogP contribution in [0.3, 0.4) is 0 Å². The Morgan fingerprint density at radius 3 is 2.49 bits per heavy atom. The van der Waals surface area contributed by atoms with E-state index in [0.717, 1.165) is 33.0 Å². The van der Waals surface area contributed by atoms with Crippen molar-refractivity contribution in [2.45, 2.75) is 18.0 Å². The van der Waals surface area contributed by atoms with E-state index in [1.807, 2.05) is 30.3 Å². The first-order valence-electron chi connectivity index (χ1n) is 14.9. The molecule has 244 valence electrons. The Kier molecular flexibility index (Phi) is 8.45. The van der Waals surface area contributed by atoms with Gasteiger partial charge in [0.05, 0.1) is 18.0 Å². The number of amides is 1. The van der Waals surface area contributed by atoms with Gasteiger partial charge in [-0.05, 0) is 66.2 Å². The smallest absolute Gasteiger partial charge is 0.269 e. The first-order valence-corrected chi connectivity index (χ1v) is 17.2. The van der Waals surface area contributed by atoms with E-state index in [1.54, 1.807) is 43.0 Å². The van der Waals surface area contributed by atoms with Crippen molar-refractivity contribution >= 4 is 38.3 Å². The van der Waals surface area contributed by atoms with Crippen molar-refractivity contribution < 1.29 is 22.0 Å². The van der Waals surface area contributed by atoms with E-state index in [0.29, 0.717) is 16.5 Å². The van der Waals surface area contributed by atoms with E-state index in [1.165, 1.54) is 56.4 Å². The monoisotopic (exact) mass is 693 g/mol. The summed E-state index contributed by atoms with van der Waals surface area (Å²) in [5.74, 6) is -2.62. The quantitative estimate of drug-likeness (QED) is 0.185. The van der Waals surface area contributed by atoms with Crippen molar-refractivity contribution in [1.29, 1.82) is 0 Å². The molecular formula is C36H25F2N5O4S2. The first kappa shape index (κ1) is 31.8. The fourth-order valence-corrected chi connectivity index (χ4v) is 7.72. The number of halogens is 2. The van der Waals surface area contributed by atoms with Crippen LogP contribution in [0, 0.1) is 11.6 Å². The highest BCUT2D eigenvalue weighted by atomic mass is 32.2. The molecule has 0 unspecified atom stereocenters. The number of nitrogens with zero attached hydrogens (tertiary/aromatic N) is 4. The maximum atomic E-state index is 13.8. The molecule has 49 heavy (non-hydrogen) atoms. The second-order valence-electron chi connectivity index (χ2n) is 11.0. The van der Waals surface area contributed by atoms with Crippen LogP contribution >= 0.6 is 11.3 Å². The van der Waals surface area contributed by atoms with Gasteiger partial charge in [-0.3, -0.25) is 14.6 Å². The van der Waals surface area contributed by atoms with Crippen LogP contribution in [0.5, 0.6) is 0 Å². The number of aromatic nitrogens is 4. The number of fused-ring (bicyclic) bond motifs is 1. The van der Waals surface area contributed by atoms with Crippen LogP contribution in [0.15, 0.2) is 132 Å². The summed E-state index contributed by atoms with van der Waals surface area (Å²) in [6.07, 6.45) is 8.01. The van der Waals surface area contributed by atoms with Crippen LogP contribution in [0.25, 0.3) is 32.6 Å². The number of thiophene rings is 1. The van der Waals surface area contributed by atoms with Crippen molar-refractivity contribution in [3.8, 4) is 21.6 Å². The molecule has 5 heterocycles. The Bertz CT molecular complexity index is 2510. The minimum Gasteiger partial charge on any atom is -0.347 e. The summed E-state index contributed by atoms with van der Waals surface area (Å²) in [6.45, 7) is 0.0531. The number of carbonyl (C=O) groups excluding carboxylic acids is 1. The Labute approximate surface area is 282 Å². The van der Waals surface area contributed by atoms with E-state index in [2.05, 4.69) is 15.3 Å². The van der Waals surface area contributed by atoms with Gasteiger partial charge in [-0.25, -0.2) is 26.2 Å². The highest BCUT2D eigenvalue weighted by molar-refractivity contribution is 7.90. The second kappa shape index (κ2) is 13.0. The summed E-state index contributed by atoms with van der Waals surface area (Å²) in [7, 11) is -3.98. The average Bonchev–Trinajstić information content (AvgIpc) is 3.75. The number of rotatable bonds is 9. The molecule has 0 aliphatic rings. The maximum Gasteiger partial charge on any atom is 0.269 e. The molecular weight excluding hydrogens is 669 g/mol. The van der Waals surface area contributed by atoms with Gasteiger partial charge >= 0.3 is 0 Å². The minimum absolute atomic E-state index is 0.0452. The Morgan fingerprint density at radius 2 is 1.71 bits per heavy atom. The molecule has 1 N–H and O–H groups in total. The summed E-state index contributed by atoms with van der Waals surface area (Å²) >= 11 is 1.36. The molecule has 9 nitrogen and oxygen atoms in total. The van der Waals surface area contributed by atoms with E-state index < -0.39 is 33.1 Å². The van der Waals surface area contributed by atoms with E-state index in [4.69, 9.17) is 0 Å². The summed E-state index contributed by atoms with van der Waals surface area (Å²) in [4.78, 5) is 36.6. The molecule has 0 aliphatic carbocycles. The fraction of sp³-hybridized carbons (Fsp3) is 0.0556. The lowest BCUT2D eigenvalue weighted by Crippen LogP contribution is -2.32. The third kappa shape index (κ3) is 6.28. The predicted octanol–water partition coefficient (Wildman–Crippen LogP) is 6.48. The van der Waals surface area contributed by atoms with Crippen LogP contribution in [0.4, 0.5) is 8.78 Å². The number of hydrogen-bond acceptors (Lipinski definition) is 7. The third-order valence-corrected chi connectivity index (χ3v) is 10.6. The van der Waals surface area contributed by atoms with Crippen molar-refractivity contribution in [2.24, 2.45) is 0 Å². The lowest BCUT2D eigenvalue weighted by molar-refractivity contribution is 0.0949. The van der Waals surface area contributed by atoms with Gasteiger partial charge in [-0.2, -0.15) is 0 Å². The van der Waals surface area contributed by atoms with Gasteiger partial charge in [0.1, 0.15) is 5.56 Å². The third-order valence-electron chi connectivity index (χ3n) is 7.86. The largest absolute Gasteiger partial charge is 0.347 e. The molecule has 7 rings (SSSR count). The van der Waals surface area contributed by atoms with Gasteiger partial charge in [-0.15, -0.1) is 11.3 Å². The number of pyridine rings is 3. The average molecular weight is 694 g/mol. The summed E-state index contributed by atoms with van der Waals surface area (Å²) in [6, 6.07) is 23.7. The molecule has 0 atom stereocenters. The highest BCUT2D eigenvalue weighted by Crippen LogP contribution is 2.37. The van der Waals surface area contributed by atoms with Crippen LogP contribution in [-0.2, 0) is 23.1 Å². The van der Waals surface area contributed by atoms with Gasteiger partial charge in [0.2, 0.25) is 0 Å². The molecule has 0 spiro atoms. The van der Waals surface area contributed by atoms with Crippen LogP contribution in [0.2, 0.25) is 0 Å². The molecule has 1 amide bonds. The molecule has 5 aromatic heterocycles. The van der Waals surface area contributed by atoms with Crippen LogP contribution < -0.4 is 10.9 Å². The number of nitrogens with one attached hydrogen (secondary N) is 1. The topological polar surface area (TPSA) is 116 Å². The highest BCUT2D eigenvalue weighted by Gasteiger charge is 2.24. The number of carbonyl (C=O) groups is 1. The molecule has 0 bridgehead atoms. The summed E-state index contributed by atoms with van der Waals surface area (Å²) in [5, 5.41) is 3.39. The number of hydrogen-bond donors (Lipinski definition) is 1. The molecule has 0 fully saturated rings. The Balaban J connectivity index is 1.17. The predicted molar refractivity (Wildman–Crippen MR) is 183 cm³/mol. The SMILES string of the molecule is O=C(NCc1ccc(-c2cn(S(=O)(=O)c3ccccc3)c3ncc(-c4cccnc4)cc23)s1)c1cccn(Cc2ccc(F)c(F)c2)c1=O. The van der Waals surface area contributed by atoms with E-state index in [9.17, 15) is 26.8 Å². The van der Waals surface area contributed by atoms with E-state index in [-0.39, 0.29) is 29.2 Å². The number of benzene rings is 2. The van der Waals surface area contributed by atoms with Gasteiger partial charge in [0.25, 0.3) is 21.5 Å². The zero-order chi connectivity index (χ0) is 34.1. The summed E-state index contributed by atoms with van der Waals surface area (Å²) < 4.78 is 57.0. The second-order valence-corrected chi connectivity index (χ2v) is 14.0. The van der Waals surface area contributed by atoms with Gasteiger partial charge in [-0.1, -0.05) is 30.3 Å². The lowest BCUT2D eigenvalue weighted by atomic mass is 10.1. The normalized spacial score (nSPS) is 11.6. The van der Waals surface area contributed by atoms with Crippen molar-refractivity contribution in [2.75, 3.05) is 0 Å². The van der Waals surface area contributed by atoms with E-state index >= 15 is 0 Å². The zero-order valence-corrected chi connectivity index (χ0v) is 27.1. The fourth-order valence-electron chi connectivity index (χ4n) is 5.41. The van der Waals surface area contributed by atoms with Crippen LogP contribution in [-0.4, -0.2) is 32.8 Å². The zero-order valence-electron chi connectivity index (χ0n) is 25.5. The molecule has 7 aromatic rings. The Morgan fingerprint density at radius 1 is 0.878 bits per heavy atom. The maximum absolute atomic E-state index is 13.8. The van der Waals surface area contributed by atoms with Gasteiger partial charge < -0.3 is 9.88 Å². The van der Waals surface area contributed by atoms with Crippen molar-refractivity contribution in [1.82, 2.24) is 23.8 Å². The molecule has 0 saturated carbocycles. The molecule has 13 heteroatoms. The molecule has 0 radical (unpaired) electrons. The van der Waals surface area contributed by atoms with Gasteiger partial charge in [0, 0.05) is 62.8 Å². The molecule has 2 aromatic carbocycles. The molecule has 0 saturated heterocycles. The Hall–Kier alpha value is -5.79. The summed E-state index contributed by atoms with van der Waals surface area (Å²) in [5.41, 5.74) is 2.16. The lowest BCUT2D eigenvalue weighted by Gasteiger charge is -2.09. The minimum atomic E-state index is -3.98. The van der Waals surface area contributed by atoms with Crippen molar-refractivity contribution in [3.05, 3.63) is 160 Å². The molecule has 0 aliphatic heterocycles. The first-order chi connectivity index (χ1) is 23.7. The van der Waals surface area contributed by atoms with Crippen LogP contribution in [0.1, 0.15) is 20.8 Å². The van der Waals surface area contributed by atoms with Crippen molar-refractivity contribution in [3.63, 3.8) is 0 Å². The van der Waals surface area contributed by atoms with Gasteiger partial charge in [0.15, 0.2) is 17.3 Å².